The molecule has 0 spiro atoms. The van der Waals surface area contributed by atoms with Crippen molar-refractivity contribution in [1.29, 1.82) is 0 Å². The van der Waals surface area contributed by atoms with Gasteiger partial charge in [-0.3, -0.25) is 4.79 Å². The zero-order chi connectivity index (χ0) is 11.8. The highest BCUT2D eigenvalue weighted by Crippen LogP contribution is 2.15. The van der Waals surface area contributed by atoms with Crippen molar-refractivity contribution >= 4 is 17.2 Å². The van der Waals surface area contributed by atoms with Gasteiger partial charge >= 0.3 is 0 Å². The molecule has 16 heavy (non-hydrogen) atoms. The molecule has 1 amide bonds. The van der Waals surface area contributed by atoms with E-state index in [0.717, 1.165) is 11.3 Å². The minimum atomic E-state index is -0.0398. The fourth-order valence-electron chi connectivity index (χ4n) is 1.06. The Morgan fingerprint density at radius 1 is 1.56 bits per heavy atom. The molecular weight excluding hydrogens is 222 g/mol. The molecule has 0 aliphatic rings. The first-order valence-corrected chi connectivity index (χ1v) is 6.07. The summed E-state index contributed by atoms with van der Waals surface area (Å²) in [5, 5.41) is 11.4. The number of aliphatic hydroxyl groups excluding tert-OH is 1. The zero-order valence-electron chi connectivity index (χ0n) is 9.25. The van der Waals surface area contributed by atoms with Crippen molar-refractivity contribution in [3.05, 3.63) is 21.9 Å². The molecule has 0 atom stereocenters. The second-order valence-electron chi connectivity index (χ2n) is 3.20. The molecule has 0 aliphatic heterocycles. The van der Waals surface area contributed by atoms with Gasteiger partial charge < -0.3 is 10.4 Å². The lowest BCUT2D eigenvalue weighted by Gasteiger charge is -1.98. The molecule has 0 unspecified atom stereocenters. The van der Waals surface area contributed by atoms with Crippen LogP contribution in [0.4, 0.5) is 0 Å². The summed E-state index contributed by atoms with van der Waals surface area (Å²) in [6.45, 7) is 2.78. The van der Waals surface area contributed by atoms with Crippen molar-refractivity contribution in [2.45, 2.75) is 19.8 Å². The van der Waals surface area contributed by atoms with E-state index < -0.39 is 0 Å². The second-order valence-corrected chi connectivity index (χ2v) is 4.28. The van der Waals surface area contributed by atoms with E-state index in [4.69, 9.17) is 5.11 Å². The Morgan fingerprint density at radius 2 is 2.38 bits per heavy atom. The number of carbonyl (C=O) groups excluding carboxylic acids is 1. The van der Waals surface area contributed by atoms with E-state index in [9.17, 15) is 4.79 Å². The smallest absolute Gasteiger partial charge is 0.261 e. The van der Waals surface area contributed by atoms with Crippen molar-refractivity contribution in [2.75, 3.05) is 13.2 Å². The third kappa shape index (κ3) is 4.05. The predicted molar refractivity (Wildman–Crippen MR) is 65.5 cm³/mol. The molecule has 1 aromatic heterocycles. The maximum absolute atomic E-state index is 11.6. The lowest BCUT2D eigenvalue weighted by atomic mass is 10.3. The maximum atomic E-state index is 11.6. The molecule has 3 nitrogen and oxygen atoms in total. The molecule has 2 N–H and O–H groups in total. The van der Waals surface area contributed by atoms with Crippen LogP contribution in [0.25, 0.3) is 0 Å². The topological polar surface area (TPSA) is 49.3 Å². The Morgan fingerprint density at radius 3 is 3.06 bits per heavy atom. The Kier molecular flexibility index (Phi) is 5.62. The van der Waals surface area contributed by atoms with E-state index in [-0.39, 0.29) is 12.5 Å². The standard InChI is InChI=1S/C12H15NO2S/c1-2-8-13-12(15)11-7-6-10(16-11)5-3-4-9-14/h6-7,14H,2,4,8-9H2,1H3,(H,13,15). The summed E-state index contributed by atoms with van der Waals surface area (Å²) in [5.74, 6) is 5.69. The van der Waals surface area contributed by atoms with Gasteiger partial charge in [0.2, 0.25) is 0 Å². The highest BCUT2D eigenvalue weighted by atomic mass is 32.1. The van der Waals surface area contributed by atoms with E-state index in [1.54, 1.807) is 6.07 Å². The van der Waals surface area contributed by atoms with E-state index in [0.29, 0.717) is 17.8 Å². The normalized spacial score (nSPS) is 9.38. The van der Waals surface area contributed by atoms with Gasteiger partial charge in [-0.25, -0.2) is 0 Å². The van der Waals surface area contributed by atoms with Gasteiger partial charge in [0, 0.05) is 13.0 Å². The highest BCUT2D eigenvalue weighted by Gasteiger charge is 2.06. The van der Waals surface area contributed by atoms with Crippen LogP contribution >= 0.6 is 11.3 Å². The van der Waals surface area contributed by atoms with Crippen LogP contribution in [0, 0.1) is 11.8 Å². The number of rotatable bonds is 4. The average molecular weight is 237 g/mol. The van der Waals surface area contributed by atoms with Crippen molar-refractivity contribution in [3.63, 3.8) is 0 Å². The highest BCUT2D eigenvalue weighted by molar-refractivity contribution is 7.14. The van der Waals surface area contributed by atoms with Gasteiger partial charge in [0.05, 0.1) is 16.4 Å². The molecular formula is C12H15NO2S. The van der Waals surface area contributed by atoms with Crippen LogP contribution in [0.2, 0.25) is 0 Å². The first kappa shape index (κ1) is 12.8. The number of hydrogen-bond donors (Lipinski definition) is 2. The predicted octanol–water partition coefficient (Wildman–Crippen LogP) is 1.62. The molecule has 0 bridgehead atoms. The Hall–Kier alpha value is -1.31. The number of thiophene rings is 1. The minimum absolute atomic E-state index is 0.0398. The number of carbonyl (C=O) groups is 1. The molecule has 0 aromatic carbocycles. The summed E-state index contributed by atoms with van der Waals surface area (Å²) in [6, 6.07) is 3.61. The fourth-order valence-corrected chi connectivity index (χ4v) is 1.86. The van der Waals surface area contributed by atoms with Crippen LogP contribution in [0.1, 0.15) is 34.3 Å². The summed E-state index contributed by atoms with van der Waals surface area (Å²) in [6.07, 6.45) is 1.40. The minimum Gasteiger partial charge on any atom is -0.395 e. The second kappa shape index (κ2) is 7.04. The molecule has 0 saturated carbocycles. The summed E-state index contributed by atoms with van der Waals surface area (Å²) in [7, 11) is 0. The lowest BCUT2D eigenvalue weighted by molar-refractivity contribution is 0.0957. The summed E-state index contributed by atoms with van der Waals surface area (Å²) in [5.41, 5.74) is 0. The van der Waals surface area contributed by atoms with E-state index in [1.807, 2.05) is 13.0 Å². The maximum Gasteiger partial charge on any atom is 0.261 e. The number of amides is 1. The van der Waals surface area contributed by atoms with Gasteiger partial charge in [-0.05, 0) is 18.6 Å². The third-order valence-electron chi connectivity index (χ3n) is 1.81. The van der Waals surface area contributed by atoms with Crippen molar-refractivity contribution in [2.24, 2.45) is 0 Å². The quantitative estimate of drug-likeness (QED) is 0.782. The van der Waals surface area contributed by atoms with Crippen molar-refractivity contribution < 1.29 is 9.90 Å². The molecule has 1 heterocycles. The summed E-state index contributed by atoms with van der Waals surface area (Å²) >= 11 is 1.37. The van der Waals surface area contributed by atoms with E-state index >= 15 is 0 Å². The van der Waals surface area contributed by atoms with Gasteiger partial charge in [-0.15, -0.1) is 11.3 Å². The van der Waals surface area contributed by atoms with Crippen LogP contribution in [0.3, 0.4) is 0 Å². The Labute approximate surface area is 99.5 Å². The van der Waals surface area contributed by atoms with Crippen LogP contribution in [0.15, 0.2) is 12.1 Å². The van der Waals surface area contributed by atoms with E-state index in [1.165, 1.54) is 11.3 Å². The van der Waals surface area contributed by atoms with Gasteiger partial charge in [0.1, 0.15) is 0 Å². The number of aliphatic hydroxyl groups is 1. The molecule has 1 rings (SSSR count). The molecule has 0 saturated heterocycles. The third-order valence-corrected chi connectivity index (χ3v) is 2.81. The Bertz CT molecular complexity index is 401. The van der Waals surface area contributed by atoms with Crippen LogP contribution < -0.4 is 5.32 Å². The molecule has 1 aromatic rings. The number of nitrogens with one attached hydrogen (secondary N) is 1. The summed E-state index contributed by atoms with van der Waals surface area (Å²) in [4.78, 5) is 13.1. The molecule has 0 radical (unpaired) electrons. The first-order chi connectivity index (χ1) is 7.77. The molecule has 86 valence electrons. The van der Waals surface area contributed by atoms with Crippen molar-refractivity contribution in [3.8, 4) is 11.8 Å². The van der Waals surface area contributed by atoms with Gasteiger partial charge in [-0.1, -0.05) is 18.8 Å². The zero-order valence-corrected chi connectivity index (χ0v) is 10.1. The van der Waals surface area contributed by atoms with Gasteiger partial charge in [-0.2, -0.15) is 0 Å². The molecule has 0 aliphatic carbocycles. The van der Waals surface area contributed by atoms with Crippen LogP contribution in [0.5, 0.6) is 0 Å². The lowest BCUT2D eigenvalue weighted by Crippen LogP contribution is -2.22. The molecule has 4 heteroatoms. The van der Waals surface area contributed by atoms with Crippen LogP contribution in [-0.2, 0) is 0 Å². The van der Waals surface area contributed by atoms with Crippen LogP contribution in [-0.4, -0.2) is 24.2 Å². The fraction of sp³-hybridized carbons (Fsp3) is 0.417. The first-order valence-electron chi connectivity index (χ1n) is 5.25. The number of hydrogen-bond acceptors (Lipinski definition) is 3. The van der Waals surface area contributed by atoms with Crippen molar-refractivity contribution in [1.82, 2.24) is 5.32 Å². The van der Waals surface area contributed by atoms with Gasteiger partial charge in [0.15, 0.2) is 0 Å². The monoisotopic (exact) mass is 237 g/mol. The Balaban J connectivity index is 2.58. The largest absolute Gasteiger partial charge is 0.395 e. The summed E-state index contributed by atoms with van der Waals surface area (Å²) < 4.78 is 0. The SMILES string of the molecule is CCCNC(=O)c1ccc(C#CCCO)s1. The van der Waals surface area contributed by atoms with Gasteiger partial charge in [0.25, 0.3) is 5.91 Å². The molecule has 0 fully saturated rings. The average Bonchev–Trinajstić information content (AvgIpc) is 2.75. The van der Waals surface area contributed by atoms with E-state index in [2.05, 4.69) is 17.2 Å².